The number of amides is 4. The fraction of sp³-hybridized carbons (Fsp3) is 0.429. The Labute approximate surface area is 265 Å². The Morgan fingerprint density at radius 2 is 1.38 bits per heavy atom. The highest BCUT2D eigenvalue weighted by Crippen LogP contribution is 2.20. The number of fused-ring (bicyclic) bond motifs is 1. The van der Waals surface area contributed by atoms with Crippen LogP contribution in [-0.2, 0) is 32.1 Å². The fourth-order valence-electron chi connectivity index (χ4n) is 5.23. The summed E-state index contributed by atoms with van der Waals surface area (Å²) in [7, 11) is 0. The van der Waals surface area contributed by atoms with Gasteiger partial charge in [0.15, 0.2) is 0 Å². The molecule has 10 nitrogen and oxygen atoms in total. The minimum absolute atomic E-state index is 0.0263. The maximum absolute atomic E-state index is 13.9. The zero-order valence-corrected chi connectivity index (χ0v) is 26.5. The second-order valence-corrected chi connectivity index (χ2v) is 12.3. The average Bonchev–Trinajstić information content (AvgIpc) is 2.98. The van der Waals surface area contributed by atoms with Crippen LogP contribution in [0.5, 0.6) is 0 Å². The molecule has 0 bridgehead atoms. The molecular weight excluding hydrogens is 572 g/mol. The quantitative estimate of drug-likeness (QED) is 0.163. The number of aliphatic hydroxyl groups is 1. The number of nitrogens with one attached hydrogen (secondary N) is 3. The minimum Gasteiger partial charge on any atom is -0.445 e. The van der Waals surface area contributed by atoms with Crippen molar-refractivity contribution in [3.63, 3.8) is 0 Å². The van der Waals surface area contributed by atoms with Gasteiger partial charge in [0.05, 0.1) is 18.6 Å². The van der Waals surface area contributed by atoms with E-state index in [2.05, 4.69) is 16.0 Å². The molecule has 45 heavy (non-hydrogen) atoms. The first-order valence-electron chi connectivity index (χ1n) is 15.4. The summed E-state index contributed by atoms with van der Waals surface area (Å²) in [4.78, 5) is 51.8. The molecule has 0 aliphatic rings. The van der Waals surface area contributed by atoms with Crippen LogP contribution in [0.2, 0.25) is 0 Å². The van der Waals surface area contributed by atoms with E-state index in [1.165, 1.54) is 0 Å². The molecule has 3 rings (SSSR count). The number of benzene rings is 3. The van der Waals surface area contributed by atoms with E-state index in [0.29, 0.717) is 12.8 Å². The highest BCUT2D eigenvalue weighted by molar-refractivity contribution is 5.92. The maximum atomic E-state index is 13.9. The topological polar surface area (TPSA) is 160 Å². The molecule has 0 saturated heterocycles. The number of nitrogens with two attached hydrogens (primary N) is 1. The van der Waals surface area contributed by atoms with Crippen molar-refractivity contribution in [3.05, 3.63) is 83.9 Å². The second-order valence-electron chi connectivity index (χ2n) is 12.3. The summed E-state index contributed by atoms with van der Waals surface area (Å²) in [6.45, 7) is 7.74. The Morgan fingerprint density at radius 3 is 2.04 bits per heavy atom. The number of primary amides is 1. The van der Waals surface area contributed by atoms with Gasteiger partial charge in [-0.1, -0.05) is 100 Å². The van der Waals surface area contributed by atoms with Gasteiger partial charge in [0.25, 0.3) is 0 Å². The molecule has 3 aromatic carbocycles. The third-order valence-electron chi connectivity index (χ3n) is 7.39. The van der Waals surface area contributed by atoms with Crippen molar-refractivity contribution in [1.82, 2.24) is 16.0 Å². The molecule has 0 heterocycles. The highest BCUT2D eigenvalue weighted by atomic mass is 16.5. The number of carbonyl (C=O) groups is 4. The summed E-state index contributed by atoms with van der Waals surface area (Å²) in [5.41, 5.74) is 6.93. The van der Waals surface area contributed by atoms with Crippen molar-refractivity contribution in [3.8, 4) is 0 Å². The van der Waals surface area contributed by atoms with Crippen LogP contribution in [0.1, 0.15) is 58.1 Å². The predicted octanol–water partition coefficient (Wildman–Crippen LogP) is 3.98. The third-order valence-corrected chi connectivity index (χ3v) is 7.39. The number of aliphatic hydroxyl groups excluding tert-OH is 1. The van der Waals surface area contributed by atoms with Crippen molar-refractivity contribution >= 4 is 34.6 Å². The van der Waals surface area contributed by atoms with Crippen LogP contribution in [0.3, 0.4) is 0 Å². The van der Waals surface area contributed by atoms with Crippen LogP contribution in [0.15, 0.2) is 72.8 Å². The van der Waals surface area contributed by atoms with Crippen LogP contribution < -0.4 is 21.7 Å². The Balaban J connectivity index is 1.83. The molecule has 3 aromatic rings. The first-order valence-corrected chi connectivity index (χ1v) is 15.4. The van der Waals surface area contributed by atoms with E-state index in [1.54, 1.807) is 0 Å². The molecule has 0 aromatic heterocycles. The molecule has 0 fully saturated rings. The van der Waals surface area contributed by atoms with Gasteiger partial charge in [0.2, 0.25) is 17.7 Å². The van der Waals surface area contributed by atoms with Gasteiger partial charge in [-0.25, -0.2) is 4.79 Å². The van der Waals surface area contributed by atoms with E-state index in [9.17, 15) is 24.3 Å². The number of alkyl carbamates (subject to hydrolysis) is 1. The highest BCUT2D eigenvalue weighted by Gasteiger charge is 2.31. The molecule has 0 aliphatic carbocycles. The molecule has 10 heteroatoms. The number of ether oxygens (including phenoxy) is 1. The van der Waals surface area contributed by atoms with Gasteiger partial charge < -0.3 is 31.5 Å². The van der Waals surface area contributed by atoms with E-state index in [0.717, 1.165) is 21.9 Å². The Bertz CT molecular complexity index is 1420. The summed E-state index contributed by atoms with van der Waals surface area (Å²) in [5.74, 6) is -1.60. The number of hydrogen-bond donors (Lipinski definition) is 5. The molecular formula is C35H46N4O6. The zero-order chi connectivity index (χ0) is 32.9. The van der Waals surface area contributed by atoms with Crippen molar-refractivity contribution in [1.29, 1.82) is 0 Å². The largest absolute Gasteiger partial charge is 0.445 e. The maximum Gasteiger partial charge on any atom is 0.408 e. The molecule has 4 amide bonds. The van der Waals surface area contributed by atoms with E-state index < -0.39 is 48.0 Å². The first kappa shape index (κ1) is 35.0. The Hall–Kier alpha value is -4.44. The van der Waals surface area contributed by atoms with E-state index in [4.69, 9.17) is 10.5 Å². The minimum atomic E-state index is -1.18. The Morgan fingerprint density at radius 1 is 0.756 bits per heavy atom. The predicted molar refractivity (Wildman–Crippen MR) is 174 cm³/mol. The van der Waals surface area contributed by atoms with E-state index in [-0.39, 0.29) is 31.3 Å². The number of rotatable bonds is 16. The molecule has 242 valence electrons. The monoisotopic (exact) mass is 618 g/mol. The summed E-state index contributed by atoms with van der Waals surface area (Å²) in [6, 6.07) is 19.9. The summed E-state index contributed by atoms with van der Waals surface area (Å²) in [6.07, 6.45) is -1.39. The van der Waals surface area contributed by atoms with Crippen molar-refractivity contribution in [2.24, 2.45) is 17.6 Å². The second kappa shape index (κ2) is 17.2. The van der Waals surface area contributed by atoms with Gasteiger partial charge in [0, 0.05) is 6.42 Å². The number of carbonyl (C=O) groups excluding carboxylic acids is 4. The van der Waals surface area contributed by atoms with Gasteiger partial charge >= 0.3 is 6.09 Å². The molecule has 4 atom stereocenters. The van der Waals surface area contributed by atoms with Gasteiger partial charge in [-0.3, -0.25) is 14.4 Å². The van der Waals surface area contributed by atoms with Crippen LogP contribution in [0.25, 0.3) is 10.8 Å². The first-order chi connectivity index (χ1) is 21.4. The lowest BCUT2D eigenvalue weighted by molar-refractivity contribution is -0.131. The van der Waals surface area contributed by atoms with Crippen LogP contribution in [0.4, 0.5) is 4.79 Å². The molecule has 0 radical (unpaired) electrons. The van der Waals surface area contributed by atoms with E-state index in [1.807, 2.05) is 100 Å². The summed E-state index contributed by atoms with van der Waals surface area (Å²) >= 11 is 0. The van der Waals surface area contributed by atoms with Crippen LogP contribution in [-0.4, -0.2) is 53.2 Å². The smallest absolute Gasteiger partial charge is 0.408 e. The standard InChI is InChI=1S/C35H46N4O6/c1-22(2)17-28(31(40)20-32(36)41)37-33(42)29(18-23(3)4)38-34(43)30(39-35(44)45-21-24-11-6-5-7-12-24)19-26-15-10-14-25-13-8-9-16-27(25)26/h5-16,22-23,28-31,40H,17-21H2,1-4H3,(H2,36,41)(H,37,42)(H,38,43)(H,39,44)/t28-,29-,30-,31-/m0/s1. The molecule has 0 spiro atoms. The SMILES string of the molecule is CC(C)C[C@H](NC(=O)[C@H](Cc1cccc2ccccc12)NC(=O)OCc1ccccc1)C(=O)N[C@@H](CC(C)C)[C@@H](O)CC(N)=O. The van der Waals surface area contributed by atoms with Crippen LogP contribution >= 0.6 is 0 Å². The number of hydrogen-bond acceptors (Lipinski definition) is 6. The average molecular weight is 619 g/mol. The van der Waals surface area contributed by atoms with Crippen molar-refractivity contribution < 1.29 is 29.0 Å². The molecule has 0 unspecified atom stereocenters. The Kier molecular flexibility index (Phi) is 13.4. The molecule has 0 saturated carbocycles. The third kappa shape index (κ3) is 11.5. The van der Waals surface area contributed by atoms with Crippen molar-refractivity contribution in [2.75, 3.05) is 0 Å². The fourth-order valence-corrected chi connectivity index (χ4v) is 5.23. The normalized spacial score (nSPS) is 13.9. The summed E-state index contributed by atoms with van der Waals surface area (Å²) < 4.78 is 5.42. The summed E-state index contributed by atoms with van der Waals surface area (Å²) in [5, 5.41) is 20.9. The zero-order valence-electron chi connectivity index (χ0n) is 26.5. The van der Waals surface area contributed by atoms with Gasteiger partial charge in [-0.05, 0) is 46.6 Å². The lowest BCUT2D eigenvalue weighted by Gasteiger charge is -2.29. The van der Waals surface area contributed by atoms with Gasteiger partial charge in [-0.15, -0.1) is 0 Å². The van der Waals surface area contributed by atoms with Gasteiger partial charge in [-0.2, -0.15) is 0 Å². The molecule has 0 aliphatic heterocycles. The van der Waals surface area contributed by atoms with Crippen molar-refractivity contribution in [2.45, 2.75) is 84.2 Å². The molecule has 6 N–H and O–H groups in total. The van der Waals surface area contributed by atoms with Crippen LogP contribution in [0, 0.1) is 11.8 Å². The lowest BCUT2D eigenvalue weighted by Crippen LogP contribution is -2.57. The lowest BCUT2D eigenvalue weighted by atomic mass is 9.95. The van der Waals surface area contributed by atoms with Gasteiger partial charge in [0.1, 0.15) is 18.7 Å². The van der Waals surface area contributed by atoms with E-state index >= 15 is 0 Å².